The predicted octanol–water partition coefficient (Wildman–Crippen LogP) is 1.43. The first-order valence-corrected chi connectivity index (χ1v) is 9.37. The first kappa shape index (κ1) is 19.0. The summed E-state index contributed by atoms with van der Waals surface area (Å²) in [6.45, 7) is 2.82. The zero-order valence-corrected chi connectivity index (χ0v) is 16.1. The van der Waals surface area contributed by atoms with Gasteiger partial charge in [0.1, 0.15) is 18.0 Å². The molecule has 1 amide bonds. The molecule has 1 aliphatic heterocycles. The number of ether oxygens (including phenoxy) is 2. The molecule has 0 atom stereocenters. The van der Waals surface area contributed by atoms with Crippen molar-refractivity contribution in [3.63, 3.8) is 0 Å². The Kier molecular flexibility index (Phi) is 5.78. The summed E-state index contributed by atoms with van der Waals surface area (Å²) in [5.74, 6) is 0.223. The van der Waals surface area contributed by atoms with Crippen molar-refractivity contribution >= 4 is 5.91 Å². The van der Waals surface area contributed by atoms with Crippen LogP contribution in [-0.4, -0.2) is 57.2 Å². The molecule has 9 heteroatoms. The van der Waals surface area contributed by atoms with Crippen molar-refractivity contribution in [1.29, 1.82) is 0 Å². The van der Waals surface area contributed by atoms with Gasteiger partial charge in [0.25, 0.3) is 5.91 Å². The Balaban J connectivity index is 1.39. The molecule has 0 radical (unpaired) electrons. The molecule has 1 aromatic carbocycles. The van der Waals surface area contributed by atoms with Crippen LogP contribution >= 0.6 is 0 Å². The van der Waals surface area contributed by atoms with E-state index >= 15 is 0 Å². The third-order valence-corrected chi connectivity index (χ3v) is 4.62. The number of hydrazine groups is 1. The molecule has 0 bridgehead atoms. The summed E-state index contributed by atoms with van der Waals surface area (Å²) >= 11 is 0. The summed E-state index contributed by atoms with van der Waals surface area (Å²) in [7, 11) is 1.82. The van der Waals surface area contributed by atoms with Gasteiger partial charge in [0, 0.05) is 38.0 Å². The summed E-state index contributed by atoms with van der Waals surface area (Å²) in [6, 6.07) is 13.2. The van der Waals surface area contributed by atoms with Gasteiger partial charge in [-0.2, -0.15) is 0 Å². The second-order valence-electron chi connectivity index (χ2n) is 6.59. The normalized spacial score (nSPS) is 14.5. The standard InChI is InChI=1S/C20H22N6O3/c1-25-17(19(22-24-25)15-5-3-2-4-6-15)14-29-18-8-7-16(13-21-18)20(27)23-26-9-11-28-12-10-26/h2-8,13H,9-12,14H2,1H3,(H,23,27). The van der Waals surface area contributed by atoms with E-state index in [1.54, 1.807) is 16.8 Å². The van der Waals surface area contributed by atoms with Crippen LogP contribution in [0, 0.1) is 0 Å². The minimum Gasteiger partial charge on any atom is -0.471 e. The largest absolute Gasteiger partial charge is 0.471 e. The van der Waals surface area contributed by atoms with Gasteiger partial charge in [-0.05, 0) is 6.07 Å². The van der Waals surface area contributed by atoms with Gasteiger partial charge >= 0.3 is 0 Å². The second kappa shape index (κ2) is 8.80. The summed E-state index contributed by atoms with van der Waals surface area (Å²) in [5, 5.41) is 10.2. The van der Waals surface area contributed by atoms with E-state index in [0.29, 0.717) is 37.7 Å². The van der Waals surface area contributed by atoms with Crippen molar-refractivity contribution in [3.8, 4) is 17.1 Å². The van der Waals surface area contributed by atoms with Gasteiger partial charge in [-0.3, -0.25) is 10.2 Å². The molecular formula is C20H22N6O3. The van der Waals surface area contributed by atoms with Gasteiger partial charge in [0.15, 0.2) is 0 Å². The number of amides is 1. The van der Waals surface area contributed by atoms with Gasteiger partial charge < -0.3 is 9.47 Å². The molecule has 2 aromatic heterocycles. The Morgan fingerprint density at radius 1 is 1.17 bits per heavy atom. The van der Waals surface area contributed by atoms with Crippen molar-refractivity contribution in [1.82, 2.24) is 30.4 Å². The molecule has 1 aliphatic rings. The summed E-state index contributed by atoms with van der Waals surface area (Å²) in [6.07, 6.45) is 1.50. The van der Waals surface area contributed by atoms with Crippen LogP contribution in [0.2, 0.25) is 0 Å². The van der Waals surface area contributed by atoms with Crippen LogP contribution in [-0.2, 0) is 18.4 Å². The first-order chi connectivity index (χ1) is 14.2. The number of nitrogens with zero attached hydrogens (tertiary/aromatic N) is 5. The number of hydrogen-bond acceptors (Lipinski definition) is 7. The number of aryl methyl sites for hydroxylation is 1. The quantitative estimate of drug-likeness (QED) is 0.676. The lowest BCUT2D eigenvalue weighted by molar-refractivity contribution is 0.0126. The molecule has 1 saturated heterocycles. The second-order valence-corrected chi connectivity index (χ2v) is 6.59. The van der Waals surface area contributed by atoms with E-state index < -0.39 is 0 Å². The molecule has 0 spiro atoms. The van der Waals surface area contributed by atoms with Crippen molar-refractivity contribution in [3.05, 3.63) is 59.9 Å². The van der Waals surface area contributed by atoms with Gasteiger partial charge in [0.05, 0.1) is 18.8 Å². The van der Waals surface area contributed by atoms with Crippen LogP contribution in [0.15, 0.2) is 48.7 Å². The molecule has 3 aromatic rings. The molecule has 0 aliphatic carbocycles. The lowest BCUT2D eigenvalue weighted by Crippen LogP contribution is -2.48. The van der Waals surface area contributed by atoms with Crippen LogP contribution in [0.4, 0.5) is 0 Å². The number of carbonyl (C=O) groups excluding carboxylic acids is 1. The third kappa shape index (κ3) is 4.58. The molecule has 150 valence electrons. The van der Waals surface area contributed by atoms with E-state index in [9.17, 15) is 4.79 Å². The fraction of sp³-hybridized carbons (Fsp3) is 0.300. The van der Waals surface area contributed by atoms with Crippen LogP contribution in [0.25, 0.3) is 11.3 Å². The molecular weight excluding hydrogens is 372 g/mol. The Bertz CT molecular complexity index is 952. The number of morpholine rings is 1. The van der Waals surface area contributed by atoms with Crippen LogP contribution in [0.3, 0.4) is 0 Å². The zero-order valence-electron chi connectivity index (χ0n) is 16.1. The van der Waals surface area contributed by atoms with E-state index in [1.165, 1.54) is 6.20 Å². The molecule has 1 fully saturated rings. The highest BCUT2D eigenvalue weighted by atomic mass is 16.5. The minimum absolute atomic E-state index is 0.201. The molecule has 1 N–H and O–H groups in total. The maximum Gasteiger partial charge on any atom is 0.267 e. The molecule has 4 rings (SSSR count). The van der Waals surface area contributed by atoms with Gasteiger partial charge in [-0.15, -0.1) is 5.10 Å². The van der Waals surface area contributed by atoms with E-state index in [4.69, 9.17) is 9.47 Å². The molecule has 29 heavy (non-hydrogen) atoms. The van der Waals surface area contributed by atoms with E-state index in [1.807, 2.05) is 42.4 Å². The number of rotatable bonds is 6. The third-order valence-electron chi connectivity index (χ3n) is 4.62. The number of pyridine rings is 1. The smallest absolute Gasteiger partial charge is 0.267 e. The predicted molar refractivity (Wildman–Crippen MR) is 105 cm³/mol. The van der Waals surface area contributed by atoms with Gasteiger partial charge in [-0.1, -0.05) is 35.5 Å². The Morgan fingerprint density at radius 2 is 1.97 bits per heavy atom. The van der Waals surface area contributed by atoms with Crippen LogP contribution in [0.5, 0.6) is 5.88 Å². The highest BCUT2D eigenvalue weighted by Gasteiger charge is 2.16. The minimum atomic E-state index is -0.201. The van der Waals surface area contributed by atoms with Crippen molar-refractivity contribution in [2.24, 2.45) is 7.05 Å². The summed E-state index contributed by atoms with van der Waals surface area (Å²) in [4.78, 5) is 16.6. The fourth-order valence-corrected chi connectivity index (χ4v) is 2.98. The van der Waals surface area contributed by atoms with Gasteiger partial charge in [0.2, 0.25) is 5.88 Å². The Morgan fingerprint density at radius 3 is 2.69 bits per heavy atom. The SMILES string of the molecule is Cn1nnc(-c2ccccc2)c1COc1ccc(C(=O)NN2CCOCC2)cn1. The zero-order chi connectivity index (χ0) is 20.1. The highest BCUT2D eigenvalue weighted by Crippen LogP contribution is 2.21. The number of nitrogens with one attached hydrogen (secondary N) is 1. The summed E-state index contributed by atoms with van der Waals surface area (Å²) < 4.78 is 12.8. The molecule has 9 nitrogen and oxygen atoms in total. The number of hydrogen-bond donors (Lipinski definition) is 1. The maximum atomic E-state index is 12.3. The molecule has 0 saturated carbocycles. The lowest BCUT2D eigenvalue weighted by atomic mass is 10.1. The highest BCUT2D eigenvalue weighted by molar-refractivity contribution is 5.93. The van der Waals surface area contributed by atoms with E-state index in [0.717, 1.165) is 17.0 Å². The Labute approximate surface area is 168 Å². The van der Waals surface area contributed by atoms with E-state index in [-0.39, 0.29) is 12.5 Å². The summed E-state index contributed by atoms with van der Waals surface area (Å²) in [5.41, 5.74) is 5.91. The fourth-order valence-electron chi connectivity index (χ4n) is 2.98. The molecule has 3 heterocycles. The monoisotopic (exact) mass is 394 g/mol. The van der Waals surface area contributed by atoms with Crippen LogP contribution in [0.1, 0.15) is 16.1 Å². The number of benzene rings is 1. The average Bonchev–Trinajstić information content (AvgIpc) is 3.14. The average molecular weight is 394 g/mol. The first-order valence-electron chi connectivity index (χ1n) is 9.37. The Hall–Kier alpha value is -3.30. The maximum absolute atomic E-state index is 12.3. The topological polar surface area (TPSA) is 94.4 Å². The molecule has 0 unspecified atom stereocenters. The van der Waals surface area contributed by atoms with Crippen molar-refractivity contribution < 1.29 is 14.3 Å². The van der Waals surface area contributed by atoms with Crippen molar-refractivity contribution in [2.45, 2.75) is 6.61 Å². The van der Waals surface area contributed by atoms with Gasteiger partial charge in [-0.25, -0.2) is 14.7 Å². The van der Waals surface area contributed by atoms with Crippen LogP contribution < -0.4 is 10.2 Å². The lowest BCUT2D eigenvalue weighted by Gasteiger charge is -2.26. The number of carbonyl (C=O) groups is 1. The van der Waals surface area contributed by atoms with E-state index in [2.05, 4.69) is 20.7 Å². The number of aromatic nitrogens is 4. The van der Waals surface area contributed by atoms with Crippen molar-refractivity contribution in [2.75, 3.05) is 26.3 Å².